The molecule has 2 rings (SSSR count). The van der Waals surface area contributed by atoms with E-state index in [2.05, 4.69) is 15.5 Å². The lowest BCUT2D eigenvalue weighted by Gasteiger charge is -1.96. The van der Waals surface area contributed by atoms with Crippen molar-refractivity contribution in [3.8, 4) is 0 Å². The van der Waals surface area contributed by atoms with Crippen LogP contribution in [0.4, 0.5) is 0 Å². The third kappa shape index (κ3) is 4.20. The van der Waals surface area contributed by atoms with E-state index in [1.165, 1.54) is 12.4 Å². The van der Waals surface area contributed by atoms with Crippen LogP contribution in [-0.2, 0) is 0 Å². The van der Waals surface area contributed by atoms with E-state index in [-0.39, 0.29) is 5.91 Å². The molecule has 19 heavy (non-hydrogen) atoms. The highest BCUT2D eigenvalue weighted by Gasteiger charge is 2.01. The second-order valence-electron chi connectivity index (χ2n) is 3.73. The minimum absolute atomic E-state index is 0.280. The minimum atomic E-state index is -0.280. The van der Waals surface area contributed by atoms with E-state index in [9.17, 15) is 4.79 Å². The summed E-state index contributed by atoms with van der Waals surface area (Å²) >= 11 is 0. The first-order valence-electron chi connectivity index (χ1n) is 5.81. The van der Waals surface area contributed by atoms with Crippen molar-refractivity contribution in [1.82, 2.24) is 10.4 Å². The number of hydrogen-bond donors (Lipinski definition) is 1. The predicted molar refractivity (Wildman–Crippen MR) is 75.7 cm³/mol. The molecule has 1 aromatic carbocycles. The van der Waals surface area contributed by atoms with Gasteiger partial charge < -0.3 is 0 Å². The van der Waals surface area contributed by atoms with E-state index in [1.54, 1.807) is 24.4 Å². The van der Waals surface area contributed by atoms with Crippen LogP contribution in [0.25, 0.3) is 6.08 Å². The number of hydrogen-bond acceptors (Lipinski definition) is 3. The monoisotopic (exact) mass is 251 g/mol. The van der Waals surface area contributed by atoms with Crippen LogP contribution in [0.5, 0.6) is 0 Å². The fourth-order valence-corrected chi connectivity index (χ4v) is 1.42. The van der Waals surface area contributed by atoms with Crippen molar-refractivity contribution in [2.75, 3.05) is 0 Å². The Hall–Kier alpha value is -2.75. The van der Waals surface area contributed by atoms with Crippen LogP contribution in [-0.4, -0.2) is 17.1 Å². The first-order valence-corrected chi connectivity index (χ1v) is 5.81. The van der Waals surface area contributed by atoms with E-state index < -0.39 is 0 Å². The average molecular weight is 251 g/mol. The maximum atomic E-state index is 11.6. The molecule has 1 aromatic heterocycles. The highest BCUT2D eigenvalue weighted by atomic mass is 16.2. The molecule has 1 N–H and O–H groups in total. The van der Waals surface area contributed by atoms with Gasteiger partial charge >= 0.3 is 0 Å². The first-order chi connectivity index (χ1) is 9.36. The van der Waals surface area contributed by atoms with E-state index in [0.717, 1.165) is 5.56 Å². The van der Waals surface area contributed by atoms with Crippen molar-refractivity contribution in [1.29, 1.82) is 0 Å². The quantitative estimate of drug-likeness (QED) is 0.670. The molecule has 0 saturated heterocycles. The number of carbonyl (C=O) groups excluding carboxylic acids is 1. The Kier molecular flexibility index (Phi) is 4.58. The van der Waals surface area contributed by atoms with Gasteiger partial charge in [-0.1, -0.05) is 36.4 Å². The lowest BCUT2D eigenvalue weighted by molar-refractivity contribution is 0.0955. The molecule has 94 valence electrons. The Labute approximate surface area is 111 Å². The topological polar surface area (TPSA) is 54.4 Å². The summed E-state index contributed by atoms with van der Waals surface area (Å²) in [5, 5.41) is 3.82. The Bertz CT molecular complexity index is 577. The number of amides is 1. The van der Waals surface area contributed by atoms with Crippen molar-refractivity contribution in [2.45, 2.75) is 0 Å². The minimum Gasteiger partial charge on any atom is -0.267 e. The normalized spacial score (nSPS) is 10.9. The Morgan fingerprint density at radius 2 is 2.00 bits per heavy atom. The van der Waals surface area contributed by atoms with Crippen LogP contribution in [0.1, 0.15) is 15.9 Å². The van der Waals surface area contributed by atoms with E-state index >= 15 is 0 Å². The van der Waals surface area contributed by atoms with Gasteiger partial charge in [-0.15, -0.1) is 0 Å². The number of pyridine rings is 1. The van der Waals surface area contributed by atoms with Crippen molar-refractivity contribution in [3.63, 3.8) is 0 Å². The zero-order valence-electron chi connectivity index (χ0n) is 10.2. The zero-order valence-corrected chi connectivity index (χ0v) is 10.2. The van der Waals surface area contributed by atoms with Gasteiger partial charge in [-0.25, -0.2) is 5.43 Å². The maximum Gasteiger partial charge on any atom is 0.272 e. The van der Waals surface area contributed by atoms with Gasteiger partial charge in [0.1, 0.15) is 0 Å². The molecule has 0 aliphatic carbocycles. The van der Waals surface area contributed by atoms with Crippen LogP contribution in [0.15, 0.2) is 66.0 Å². The van der Waals surface area contributed by atoms with Gasteiger partial charge in [-0.05, 0) is 23.8 Å². The van der Waals surface area contributed by atoms with Gasteiger partial charge in [0.25, 0.3) is 5.91 Å². The third-order valence-electron chi connectivity index (χ3n) is 2.34. The van der Waals surface area contributed by atoms with Crippen LogP contribution < -0.4 is 5.43 Å². The number of benzene rings is 1. The molecular weight excluding hydrogens is 238 g/mol. The molecular formula is C15H13N3O. The fraction of sp³-hybridized carbons (Fsp3) is 0. The molecule has 2 aromatic rings. The average Bonchev–Trinajstić information content (AvgIpc) is 2.49. The van der Waals surface area contributed by atoms with Gasteiger partial charge in [0.2, 0.25) is 0 Å². The molecule has 0 unspecified atom stereocenters. The van der Waals surface area contributed by atoms with Crippen LogP contribution in [0, 0.1) is 0 Å². The van der Waals surface area contributed by atoms with Gasteiger partial charge in [-0.3, -0.25) is 9.78 Å². The molecule has 4 nitrogen and oxygen atoms in total. The fourth-order valence-electron chi connectivity index (χ4n) is 1.42. The highest BCUT2D eigenvalue weighted by Crippen LogP contribution is 1.99. The molecule has 0 aliphatic heterocycles. The standard InChI is InChI=1S/C15H13N3O/c19-15(14-9-5-10-16-12-14)18-17-11-4-8-13-6-2-1-3-7-13/h1-12H,(H,18,19)/b8-4-,17-11+. The summed E-state index contributed by atoms with van der Waals surface area (Å²) in [5.41, 5.74) is 3.98. The molecule has 1 heterocycles. The zero-order chi connectivity index (χ0) is 13.3. The van der Waals surface area contributed by atoms with Gasteiger partial charge in [0, 0.05) is 18.6 Å². The van der Waals surface area contributed by atoms with Crippen LogP contribution >= 0.6 is 0 Å². The summed E-state index contributed by atoms with van der Waals surface area (Å²) in [5.74, 6) is -0.280. The molecule has 0 fully saturated rings. The number of allylic oxidation sites excluding steroid dienone is 1. The van der Waals surface area contributed by atoms with Gasteiger partial charge in [-0.2, -0.15) is 5.10 Å². The highest BCUT2D eigenvalue weighted by molar-refractivity contribution is 5.94. The largest absolute Gasteiger partial charge is 0.272 e. The molecule has 0 aliphatic rings. The molecule has 0 atom stereocenters. The van der Waals surface area contributed by atoms with Crippen LogP contribution in [0.2, 0.25) is 0 Å². The smallest absolute Gasteiger partial charge is 0.267 e. The van der Waals surface area contributed by atoms with Crippen molar-refractivity contribution >= 4 is 18.2 Å². The summed E-state index contributed by atoms with van der Waals surface area (Å²) in [4.78, 5) is 15.5. The van der Waals surface area contributed by atoms with Crippen molar-refractivity contribution in [2.24, 2.45) is 5.10 Å². The van der Waals surface area contributed by atoms with E-state index in [1.807, 2.05) is 36.4 Å². The Morgan fingerprint density at radius 1 is 1.16 bits per heavy atom. The summed E-state index contributed by atoms with van der Waals surface area (Å²) in [6, 6.07) is 13.2. The molecule has 0 bridgehead atoms. The Morgan fingerprint density at radius 3 is 2.74 bits per heavy atom. The van der Waals surface area contributed by atoms with Crippen molar-refractivity contribution in [3.05, 3.63) is 72.1 Å². The SMILES string of the molecule is O=C(N/N=C/C=C\c1ccccc1)c1cccnc1. The van der Waals surface area contributed by atoms with Gasteiger partial charge in [0.15, 0.2) is 0 Å². The summed E-state index contributed by atoms with van der Waals surface area (Å²) in [6.07, 6.45) is 8.30. The molecule has 4 heteroatoms. The van der Waals surface area contributed by atoms with Crippen LogP contribution in [0.3, 0.4) is 0 Å². The molecule has 0 radical (unpaired) electrons. The molecule has 1 amide bonds. The maximum absolute atomic E-state index is 11.6. The number of hydrazone groups is 1. The summed E-state index contributed by atoms with van der Waals surface area (Å²) < 4.78 is 0. The third-order valence-corrected chi connectivity index (χ3v) is 2.34. The number of rotatable bonds is 4. The number of carbonyl (C=O) groups is 1. The van der Waals surface area contributed by atoms with Gasteiger partial charge in [0.05, 0.1) is 5.56 Å². The molecule has 0 spiro atoms. The van der Waals surface area contributed by atoms with E-state index in [4.69, 9.17) is 0 Å². The summed E-state index contributed by atoms with van der Waals surface area (Å²) in [6.45, 7) is 0. The van der Waals surface area contributed by atoms with Crippen molar-refractivity contribution < 1.29 is 4.79 Å². The number of aromatic nitrogens is 1. The lowest BCUT2D eigenvalue weighted by atomic mass is 10.2. The number of nitrogens with one attached hydrogen (secondary N) is 1. The van der Waals surface area contributed by atoms with E-state index in [0.29, 0.717) is 5.56 Å². The second kappa shape index (κ2) is 6.86. The summed E-state index contributed by atoms with van der Waals surface area (Å²) in [7, 11) is 0. The first kappa shape index (κ1) is 12.7. The molecule has 0 saturated carbocycles. The number of nitrogens with zero attached hydrogens (tertiary/aromatic N) is 2. The Balaban J connectivity index is 1.84. The second-order valence-corrected chi connectivity index (χ2v) is 3.73. The predicted octanol–water partition coefficient (Wildman–Crippen LogP) is 2.51. The lowest BCUT2D eigenvalue weighted by Crippen LogP contribution is -2.17.